The third-order valence-corrected chi connectivity index (χ3v) is 8.20. The zero-order valence-corrected chi connectivity index (χ0v) is 23.1. The molecule has 0 unspecified atom stereocenters. The molecule has 1 aromatic heterocycles. The van der Waals surface area contributed by atoms with Crippen LogP contribution in [0.4, 0.5) is 27.5 Å². The third-order valence-electron chi connectivity index (χ3n) is 8.20. The van der Waals surface area contributed by atoms with Crippen molar-refractivity contribution in [2.45, 2.75) is 25.8 Å². The molecule has 10 nitrogen and oxygen atoms in total. The first-order valence-corrected chi connectivity index (χ1v) is 13.5. The molecule has 11 heteroatoms. The van der Waals surface area contributed by atoms with E-state index in [1.54, 1.807) is 0 Å². The van der Waals surface area contributed by atoms with Crippen molar-refractivity contribution in [3.8, 4) is 0 Å². The summed E-state index contributed by atoms with van der Waals surface area (Å²) in [6.45, 7) is 10.5. The number of benzene rings is 1. The molecule has 1 aromatic carbocycles. The minimum atomic E-state index is -0.920. The van der Waals surface area contributed by atoms with Gasteiger partial charge in [0.1, 0.15) is 5.82 Å². The van der Waals surface area contributed by atoms with Crippen LogP contribution in [0.15, 0.2) is 24.5 Å². The summed E-state index contributed by atoms with van der Waals surface area (Å²) >= 11 is 0. The van der Waals surface area contributed by atoms with Crippen LogP contribution < -0.4 is 20.4 Å². The molecular weight excluding hydrogens is 497 g/mol. The van der Waals surface area contributed by atoms with Gasteiger partial charge in [0.05, 0.1) is 11.4 Å². The number of fused-ring (bicyclic) bond motifs is 1. The summed E-state index contributed by atoms with van der Waals surface area (Å²) in [6, 6.07) is 4.34. The van der Waals surface area contributed by atoms with Crippen LogP contribution in [-0.4, -0.2) is 104 Å². The van der Waals surface area contributed by atoms with Crippen molar-refractivity contribution >= 4 is 35.3 Å². The lowest BCUT2D eigenvalue weighted by Crippen LogP contribution is -2.58. The number of halogens is 1. The summed E-state index contributed by atoms with van der Waals surface area (Å²) in [5.74, 6) is 0.0950. The van der Waals surface area contributed by atoms with Crippen LogP contribution in [0, 0.1) is 12.3 Å². The number of amides is 1. The van der Waals surface area contributed by atoms with E-state index in [1.165, 1.54) is 11.1 Å². The number of hydrogen-bond donors (Lipinski definition) is 2. The fraction of sp³-hybridized carbons (Fsp3) is 0.500. The SMILES string of the molecule is C=C(F)C(=O)N1CCN(c2nc(N3CC(N(C)C)C3)nc3c2CCN(c2c(C)ccc(N)c2C=N)CC3)CC1. The molecule has 4 heterocycles. The van der Waals surface area contributed by atoms with Crippen LogP contribution in [0.1, 0.15) is 22.4 Å². The number of anilines is 4. The van der Waals surface area contributed by atoms with Gasteiger partial charge in [-0.05, 0) is 39.1 Å². The molecule has 0 spiro atoms. The normalized spacial score (nSPS) is 18.1. The van der Waals surface area contributed by atoms with E-state index in [9.17, 15) is 9.18 Å². The van der Waals surface area contributed by atoms with Crippen molar-refractivity contribution in [2.75, 3.05) is 86.9 Å². The molecule has 2 aromatic rings. The van der Waals surface area contributed by atoms with E-state index in [0.29, 0.717) is 37.9 Å². The average Bonchev–Trinajstić information content (AvgIpc) is 3.10. The molecule has 1 amide bonds. The molecule has 0 radical (unpaired) electrons. The van der Waals surface area contributed by atoms with E-state index >= 15 is 0 Å². The molecular formula is C28H38FN9O. The zero-order valence-electron chi connectivity index (χ0n) is 23.1. The molecule has 208 valence electrons. The molecule has 3 aliphatic heterocycles. The Bertz CT molecular complexity index is 1280. The van der Waals surface area contributed by atoms with Crippen molar-refractivity contribution in [1.29, 1.82) is 5.41 Å². The van der Waals surface area contributed by atoms with Crippen LogP contribution >= 0.6 is 0 Å². The molecule has 0 atom stereocenters. The number of hydrogen-bond acceptors (Lipinski definition) is 9. The molecule has 3 aliphatic rings. The van der Waals surface area contributed by atoms with Crippen LogP contribution in [-0.2, 0) is 17.6 Å². The summed E-state index contributed by atoms with van der Waals surface area (Å²) in [5.41, 5.74) is 11.8. The second-order valence-electron chi connectivity index (χ2n) is 10.8. The first-order valence-electron chi connectivity index (χ1n) is 13.5. The number of nitrogens with one attached hydrogen (secondary N) is 1. The van der Waals surface area contributed by atoms with Crippen LogP contribution in [0.25, 0.3) is 0 Å². The van der Waals surface area contributed by atoms with Gasteiger partial charge in [-0.25, -0.2) is 9.37 Å². The summed E-state index contributed by atoms with van der Waals surface area (Å²) in [4.78, 5) is 32.8. The number of nitrogen functional groups attached to an aromatic ring is 1. The topological polar surface area (TPSA) is 109 Å². The number of likely N-dealkylation sites (N-methyl/N-ethyl adjacent to an activating group) is 1. The minimum absolute atomic E-state index is 0.416. The van der Waals surface area contributed by atoms with Crippen molar-refractivity contribution in [3.05, 3.63) is 46.9 Å². The molecule has 2 saturated heterocycles. The van der Waals surface area contributed by atoms with Crippen molar-refractivity contribution < 1.29 is 9.18 Å². The van der Waals surface area contributed by atoms with Crippen molar-refractivity contribution in [3.63, 3.8) is 0 Å². The minimum Gasteiger partial charge on any atom is -0.398 e. The smallest absolute Gasteiger partial charge is 0.282 e. The van der Waals surface area contributed by atoms with Crippen LogP contribution in [0.2, 0.25) is 0 Å². The fourth-order valence-corrected chi connectivity index (χ4v) is 5.74. The lowest BCUT2D eigenvalue weighted by molar-refractivity contribution is -0.128. The molecule has 2 fully saturated rings. The van der Waals surface area contributed by atoms with Crippen molar-refractivity contribution in [1.82, 2.24) is 19.8 Å². The fourth-order valence-electron chi connectivity index (χ4n) is 5.74. The highest BCUT2D eigenvalue weighted by Gasteiger charge is 2.33. The zero-order chi connectivity index (χ0) is 27.8. The van der Waals surface area contributed by atoms with Gasteiger partial charge in [0, 0.05) is 87.8 Å². The summed E-state index contributed by atoms with van der Waals surface area (Å²) in [7, 11) is 4.18. The summed E-state index contributed by atoms with van der Waals surface area (Å²) in [6.07, 6.45) is 2.84. The van der Waals surface area contributed by atoms with Crippen LogP contribution in [0.3, 0.4) is 0 Å². The lowest BCUT2D eigenvalue weighted by atomic mass is 10.0. The molecule has 5 rings (SSSR count). The van der Waals surface area contributed by atoms with E-state index < -0.39 is 11.7 Å². The van der Waals surface area contributed by atoms with Gasteiger partial charge in [0.15, 0.2) is 5.83 Å². The Hall–Kier alpha value is -3.73. The third kappa shape index (κ3) is 5.15. The highest BCUT2D eigenvalue weighted by atomic mass is 19.1. The Morgan fingerprint density at radius 1 is 1.08 bits per heavy atom. The van der Waals surface area contributed by atoms with Crippen LogP contribution in [0.5, 0.6) is 0 Å². The predicted molar refractivity (Wildman–Crippen MR) is 154 cm³/mol. The lowest BCUT2D eigenvalue weighted by Gasteiger charge is -2.43. The second kappa shape index (κ2) is 10.8. The maximum Gasteiger partial charge on any atom is 0.282 e. The summed E-state index contributed by atoms with van der Waals surface area (Å²) in [5, 5.41) is 7.99. The van der Waals surface area contributed by atoms with Gasteiger partial charge >= 0.3 is 0 Å². The Labute approximate surface area is 229 Å². The molecule has 3 N–H and O–H groups in total. The largest absolute Gasteiger partial charge is 0.398 e. The van der Waals surface area contributed by atoms with Gasteiger partial charge in [-0.2, -0.15) is 4.98 Å². The number of aryl methyl sites for hydroxylation is 1. The van der Waals surface area contributed by atoms with E-state index in [1.807, 2.05) is 12.1 Å². The number of aromatic nitrogens is 2. The van der Waals surface area contributed by atoms with Gasteiger partial charge in [-0.15, -0.1) is 0 Å². The van der Waals surface area contributed by atoms with Gasteiger partial charge in [-0.3, -0.25) is 4.79 Å². The number of piperazine rings is 1. The quantitative estimate of drug-likeness (QED) is 0.328. The highest BCUT2D eigenvalue weighted by Crippen LogP contribution is 2.34. The Balaban J connectivity index is 1.45. The van der Waals surface area contributed by atoms with Gasteiger partial charge in [0.25, 0.3) is 5.91 Å². The monoisotopic (exact) mass is 535 g/mol. The molecule has 39 heavy (non-hydrogen) atoms. The standard InChI is InChI=1S/C28H38FN9O/c1-18-5-6-23(31)22(15-30)25(18)35-9-7-21-24(8-10-35)32-28(38-16-20(17-38)34(3)4)33-26(21)36-11-13-37(14-12-36)27(39)19(2)29/h5-6,15,20,30H,2,7-14,16-17,31H2,1,3-4H3. The van der Waals surface area contributed by atoms with Gasteiger partial charge in [-0.1, -0.05) is 12.6 Å². The van der Waals surface area contributed by atoms with Crippen molar-refractivity contribution in [2.24, 2.45) is 0 Å². The highest BCUT2D eigenvalue weighted by molar-refractivity contribution is 5.94. The first kappa shape index (κ1) is 26.9. The Morgan fingerprint density at radius 2 is 1.77 bits per heavy atom. The van der Waals surface area contributed by atoms with Gasteiger partial charge < -0.3 is 35.6 Å². The van der Waals surface area contributed by atoms with E-state index in [0.717, 1.165) is 78.9 Å². The number of carbonyl (C=O) groups excluding carboxylic acids is 1. The second-order valence-corrected chi connectivity index (χ2v) is 10.8. The summed E-state index contributed by atoms with van der Waals surface area (Å²) < 4.78 is 13.5. The molecule has 0 bridgehead atoms. The van der Waals surface area contributed by atoms with E-state index in [-0.39, 0.29) is 0 Å². The maximum absolute atomic E-state index is 13.5. The predicted octanol–water partition coefficient (Wildman–Crippen LogP) is 1.85. The molecule has 0 aliphatic carbocycles. The first-order chi connectivity index (χ1) is 18.7. The number of nitrogens with two attached hydrogens (primary N) is 1. The number of rotatable bonds is 6. The van der Waals surface area contributed by atoms with Gasteiger partial charge in [0.2, 0.25) is 5.95 Å². The molecule has 0 saturated carbocycles. The number of nitrogens with zero attached hydrogens (tertiary/aromatic N) is 7. The Morgan fingerprint density at radius 3 is 2.41 bits per heavy atom. The maximum atomic E-state index is 13.5. The number of carbonyl (C=O) groups is 1. The van der Waals surface area contributed by atoms with E-state index in [2.05, 4.69) is 47.2 Å². The Kier molecular flexibility index (Phi) is 7.44. The average molecular weight is 536 g/mol. The van der Waals surface area contributed by atoms with E-state index in [4.69, 9.17) is 21.1 Å².